The number of oxazole rings is 1. The molecule has 94 valence electrons. The number of hydrogen-bond acceptors (Lipinski definition) is 3. The Kier molecular flexibility index (Phi) is 3.42. The molecule has 0 aliphatic carbocycles. The number of hydrogen-bond donors (Lipinski definition) is 1. The van der Waals surface area contributed by atoms with Crippen molar-refractivity contribution < 1.29 is 4.42 Å². The molecule has 1 aliphatic heterocycles. The van der Waals surface area contributed by atoms with Gasteiger partial charge in [-0.1, -0.05) is 36.8 Å². The Labute approximate surface area is 107 Å². The van der Waals surface area contributed by atoms with Crippen molar-refractivity contribution in [2.45, 2.75) is 31.7 Å². The Bertz CT molecular complexity index is 486. The van der Waals surface area contributed by atoms with Crippen molar-refractivity contribution in [1.82, 2.24) is 10.3 Å². The smallest absolute Gasteiger partial charge is 0.196 e. The Balaban J connectivity index is 1.69. The summed E-state index contributed by atoms with van der Waals surface area (Å²) in [5.74, 6) is 1.70. The van der Waals surface area contributed by atoms with Crippen LogP contribution >= 0.6 is 0 Å². The van der Waals surface area contributed by atoms with Gasteiger partial charge in [-0.05, 0) is 19.4 Å². The third-order valence-electron chi connectivity index (χ3n) is 3.45. The minimum absolute atomic E-state index is 0.529. The minimum atomic E-state index is 0.529. The SMILES string of the molecule is c1ccc(-c2cnc(CC3CCCCN3)o2)cc1. The summed E-state index contributed by atoms with van der Waals surface area (Å²) in [6.45, 7) is 1.12. The van der Waals surface area contributed by atoms with Crippen LogP contribution in [0.4, 0.5) is 0 Å². The van der Waals surface area contributed by atoms with Crippen LogP contribution < -0.4 is 5.32 Å². The molecule has 1 aromatic carbocycles. The van der Waals surface area contributed by atoms with Gasteiger partial charge in [-0.2, -0.15) is 0 Å². The van der Waals surface area contributed by atoms with E-state index in [0.717, 1.165) is 30.2 Å². The van der Waals surface area contributed by atoms with Crippen molar-refractivity contribution in [3.63, 3.8) is 0 Å². The summed E-state index contributed by atoms with van der Waals surface area (Å²) in [7, 11) is 0. The molecule has 1 saturated heterocycles. The monoisotopic (exact) mass is 242 g/mol. The maximum atomic E-state index is 5.82. The number of nitrogens with one attached hydrogen (secondary N) is 1. The molecule has 1 unspecified atom stereocenters. The second kappa shape index (κ2) is 5.36. The Hall–Kier alpha value is -1.61. The molecule has 0 saturated carbocycles. The summed E-state index contributed by atoms with van der Waals surface area (Å²) in [5, 5.41) is 3.52. The summed E-state index contributed by atoms with van der Waals surface area (Å²) < 4.78 is 5.82. The van der Waals surface area contributed by atoms with E-state index < -0.39 is 0 Å². The second-order valence-corrected chi connectivity index (χ2v) is 4.84. The summed E-state index contributed by atoms with van der Waals surface area (Å²) in [6.07, 6.45) is 6.55. The van der Waals surface area contributed by atoms with E-state index in [1.165, 1.54) is 19.3 Å². The van der Waals surface area contributed by atoms with Crippen molar-refractivity contribution in [2.75, 3.05) is 6.54 Å². The number of benzene rings is 1. The van der Waals surface area contributed by atoms with Crippen molar-refractivity contribution >= 4 is 0 Å². The molecule has 3 rings (SSSR count). The van der Waals surface area contributed by atoms with E-state index in [2.05, 4.69) is 10.3 Å². The maximum absolute atomic E-state index is 5.82. The summed E-state index contributed by atoms with van der Waals surface area (Å²) in [4.78, 5) is 4.38. The lowest BCUT2D eigenvalue weighted by Crippen LogP contribution is -2.35. The van der Waals surface area contributed by atoms with Crippen LogP contribution in [0.15, 0.2) is 40.9 Å². The summed E-state index contributed by atoms with van der Waals surface area (Å²) >= 11 is 0. The fraction of sp³-hybridized carbons (Fsp3) is 0.400. The first kappa shape index (κ1) is 11.5. The van der Waals surface area contributed by atoms with Crippen LogP contribution in [-0.2, 0) is 6.42 Å². The molecule has 0 amide bonds. The van der Waals surface area contributed by atoms with Gasteiger partial charge in [-0.3, -0.25) is 0 Å². The van der Waals surface area contributed by atoms with E-state index in [4.69, 9.17) is 4.42 Å². The third-order valence-corrected chi connectivity index (χ3v) is 3.45. The Morgan fingerprint density at radius 1 is 1.22 bits per heavy atom. The topological polar surface area (TPSA) is 38.1 Å². The number of aromatic nitrogens is 1. The fourth-order valence-corrected chi connectivity index (χ4v) is 2.45. The largest absolute Gasteiger partial charge is 0.441 e. The molecule has 0 radical (unpaired) electrons. The highest BCUT2D eigenvalue weighted by Crippen LogP contribution is 2.21. The van der Waals surface area contributed by atoms with Crippen molar-refractivity contribution in [3.8, 4) is 11.3 Å². The van der Waals surface area contributed by atoms with E-state index in [9.17, 15) is 0 Å². The third kappa shape index (κ3) is 2.62. The molecule has 1 N–H and O–H groups in total. The molecule has 0 bridgehead atoms. The number of nitrogens with zero attached hydrogens (tertiary/aromatic N) is 1. The lowest BCUT2D eigenvalue weighted by Gasteiger charge is -2.21. The first-order chi connectivity index (χ1) is 8.92. The average Bonchev–Trinajstić information content (AvgIpc) is 2.89. The highest BCUT2D eigenvalue weighted by Gasteiger charge is 2.16. The van der Waals surface area contributed by atoms with Gasteiger partial charge < -0.3 is 9.73 Å². The quantitative estimate of drug-likeness (QED) is 0.899. The molecule has 3 heteroatoms. The first-order valence-electron chi connectivity index (χ1n) is 6.65. The first-order valence-corrected chi connectivity index (χ1v) is 6.65. The Morgan fingerprint density at radius 2 is 2.11 bits per heavy atom. The van der Waals surface area contributed by atoms with Gasteiger partial charge in [0, 0.05) is 18.0 Å². The zero-order valence-corrected chi connectivity index (χ0v) is 10.4. The van der Waals surface area contributed by atoms with Gasteiger partial charge in [-0.25, -0.2) is 4.98 Å². The zero-order valence-electron chi connectivity index (χ0n) is 10.4. The van der Waals surface area contributed by atoms with E-state index in [-0.39, 0.29) is 0 Å². The van der Waals surface area contributed by atoms with Crippen molar-refractivity contribution in [1.29, 1.82) is 0 Å². The molecule has 2 aromatic rings. The average molecular weight is 242 g/mol. The van der Waals surface area contributed by atoms with Crippen LogP contribution in [0.5, 0.6) is 0 Å². The normalized spacial score (nSPS) is 19.9. The van der Waals surface area contributed by atoms with E-state index in [0.29, 0.717) is 6.04 Å². The molecule has 1 aliphatic rings. The molecule has 1 fully saturated rings. The highest BCUT2D eigenvalue weighted by molar-refractivity contribution is 5.55. The van der Waals surface area contributed by atoms with Gasteiger partial charge >= 0.3 is 0 Å². The standard InChI is InChI=1S/C15H18N2O/c1-2-6-12(7-3-1)14-11-17-15(18-14)10-13-8-4-5-9-16-13/h1-3,6-7,11,13,16H,4-5,8-10H2. The zero-order chi connectivity index (χ0) is 12.2. The summed E-state index contributed by atoms with van der Waals surface area (Å²) in [6, 6.07) is 10.7. The van der Waals surface area contributed by atoms with E-state index >= 15 is 0 Å². The van der Waals surface area contributed by atoms with E-state index in [1.807, 2.05) is 36.5 Å². The van der Waals surface area contributed by atoms with Crippen LogP contribution in [0.1, 0.15) is 25.2 Å². The van der Waals surface area contributed by atoms with Gasteiger partial charge in [-0.15, -0.1) is 0 Å². The fourth-order valence-electron chi connectivity index (χ4n) is 2.45. The van der Waals surface area contributed by atoms with Gasteiger partial charge in [0.15, 0.2) is 11.7 Å². The van der Waals surface area contributed by atoms with Crippen LogP contribution in [0.3, 0.4) is 0 Å². The second-order valence-electron chi connectivity index (χ2n) is 4.84. The predicted octanol–water partition coefficient (Wildman–Crippen LogP) is 3.03. The minimum Gasteiger partial charge on any atom is -0.441 e. The molecular formula is C15H18N2O. The van der Waals surface area contributed by atoms with Crippen LogP contribution in [0, 0.1) is 0 Å². The van der Waals surface area contributed by atoms with Crippen molar-refractivity contribution in [3.05, 3.63) is 42.4 Å². The molecule has 0 spiro atoms. The molecule has 3 nitrogen and oxygen atoms in total. The van der Waals surface area contributed by atoms with Gasteiger partial charge in [0.05, 0.1) is 6.20 Å². The van der Waals surface area contributed by atoms with Gasteiger partial charge in [0.1, 0.15) is 0 Å². The molecule has 18 heavy (non-hydrogen) atoms. The van der Waals surface area contributed by atoms with Crippen LogP contribution in [0.25, 0.3) is 11.3 Å². The Morgan fingerprint density at radius 3 is 2.89 bits per heavy atom. The molecular weight excluding hydrogens is 224 g/mol. The maximum Gasteiger partial charge on any atom is 0.196 e. The summed E-state index contributed by atoms with van der Waals surface area (Å²) in [5.41, 5.74) is 1.09. The van der Waals surface area contributed by atoms with Crippen LogP contribution in [-0.4, -0.2) is 17.6 Å². The highest BCUT2D eigenvalue weighted by atomic mass is 16.4. The molecule has 2 heterocycles. The molecule has 1 atom stereocenters. The van der Waals surface area contributed by atoms with Gasteiger partial charge in [0.25, 0.3) is 0 Å². The lowest BCUT2D eigenvalue weighted by atomic mass is 10.0. The lowest BCUT2D eigenvalue weighted by molar-refractivity contribution is 0.369. The van der Waals surface area contributed by atoms with Crippen molar-refractivity contribution in [2.24, 2.45) is 0 Å². The van der Waals surface area contributed by atoms with Gasteiger partial charge in [0.2, 0.25) is 0 Å². The number of piperidine rings is 1. The predicted molar refractivity (Wildman–Crippen MR) is 71.3 cm³/mol. The van der Waals surface area contributed by atoms with Crippen LogP contribution in [0.2, 0.25) is 0 Å². The molecule has 1 aromatic heterocycles. The number of rotatable bonds is 3. The van der Waals surface area contributed by atoms with E-state index in [1.54, 1.807) is 0 Å².